The Morgan fingerprint density at radius 2 is 1.77 bits per heavy atom. The molecule has 0 saturated carbocycles. The number of benzene rings is 2. The summed E-state index contributed by atoms with van der Waals surface area (Å²) in [6.07, 6.45) is 0. The number of non-ortho nitro benzene ring substituents is 1. The quantitative estimate of drug-likeness (QED) is 0.394. The van der Waals surface area contributed by atoms with Crippen LogP contribution < -0.4 is 4.84 Å². The Labute approximate surface area is 146 Å². The number of hydrogen-bond acceptors (Lipinski definition) is 6. The molecule has 0 aliphatic carbocycles. The van der Waals surface area contributed by atoms with Crippen molar-refractivity contribution in [2.24, 2.45) is 10.4 Å². The van der Waals surface area contributed by atoms with E-state index in [1.54, 1.807) is 12.1 Å². The standard InChI is InChI=1S/C13H9N3O5.Na.H/c17-13(18)11-3-1-2-4-12(11)21-15-14-9-5-7-10(8-6-9)16(19)20;;/h1-8H,(H,17,18);;. The summed E-state index contributed by atoms with van der Waals surface area (Å²) in [5, 5.41) is 26.5. The van der Waals surface area contributed by atoms with E-state index in [4.69, 9.17) is 9.94 Å². The van der Waals surface area contributed by atoms with Crippen molar-refractivity contribution in [1.29, 1.82) is 0 Å². The first kappa shape index (κ1) is 17.8. The number of para-hydroxylation sites is 1. The molecular formula is C13H10N3NaO5. The van der Waals surface area contributed by atoms with Gasteiger partial charge in [0.1, 0.15) is 5.56 Å². The van der Waals surface area contributed by atoms with E-state index in [1.807, 2.05) is 0 Å². The second kappa shape index (κ2) is 8.23. The normalized spacial score (nSPS) is 10.0. The van der Waals surface area contributed by atoms with Gasteiger partial charge in [-0.05, 0) is 24.3 Å². The van der Waals surface area contributed by atoms with E-state index >= 15 is 0 Å². The van der Waals surface area contributed by atoms with Crippen molar-refractivity contribution in [3.05, 3.63) is 64.2 Å². The minimum atomic E-state index is -1.14. The SMILES string of the molecule is O=C(O)c1ccccc1ON=Nc1ccc([N+](=O)[O-])cc1.[NaH]. The molecule has 8 nitrogen and oxygen atoms in total. The van der Waals surface area contributed by atoms with Crippen LogP contribution >= 0.6 is 0 Å². The summed E-state index contributed by atoms with van der Waals surface area (Å²) in [5.74, 6) is -1.09. The predicted octanol–water partition coefficient (Wildman–Crippen LogP) is 2.72. The Balaban J connectivity index is 0.00000242. The Morgan fingerprint density at radius 1 is 1.14 bits per heavy atom. The van der Waals surface area contributed by atoms with Crippen LogP contribution in [0.5, 0.6) is 5.75 Å². The van der Waals surface area contributed by atoms with E-state index in [-0.39, 0.29) is 46.6 Å². The van der Waals surface area contributed by atoms with Crippen LogP contribution in [-0.2, 0) is 0 Å². The number of hydrogen-bond donors (Lipinski definition) is 1. The van der Waals surface area contributed by atoms with Gasteiger partial charge in [0.15, 0.2) is 5.75 Å². The zero-order valence-electron chi connectivity index (χ0n) is 10.5. The molecule has 0 aromatic heterocycles. The van der Waals surface area contributed by atoms with Gasteiger partial charge in [0.2, 0.25) is 0 Å². The molecule has 0 unspecified atom stereocenters. The van der Waals surface area contributed by atoms with Gasteiger partial charge in [-0.2, -0.15) is 0 Å². The Hall–Kier alpha value is -2.29. The summed E-state index contributed by atoms with van der Waals surface area (Å²) in [5.41, 5.74) is 0.236. The summed E-state index contributed by atoms with van der Waals surface area (Å²) in [7, 11) is 0. The van der Waals surface area contributed by atoms with Gasteiger partial charge in [0.25, 0.3) is 5.69 Å². The number of carboxylic acids is 1. The summed E-state index contributed by atoms with van der Waals surface area (Å²) in [4.78, 5) is 25.8. The van der Waals surface area contributed by atoms with Gasteiger partial charge in [-0.15, -0.1) is 5.11 Å². The van der Waals surface area contributed by atoms with Crippen LogP contribution in [0.3, 0.4) is 0 Å². The Kier molecular flexibility index (Phi) is 6.64. The van der Waals surface area contributed by atoms with Crippen LogP contribution in [0.4, 0.5) is 11.4 Å². The first-order chi connectivity index (χ1) is 10.1. The van der Waals surface area contributed by atoms with E-state index in [0.717, 1.165) is 0 Å². The summed E-state index contributed by atoms with van der Waals surface area (Å²) >= 11 is 0. The van der Waals surface area contributed by atoms with E-state index in [0.29, 0.717) is 5.69 Å². The molecule has 22 heavy (non-hydrogen) atoms. The van der Waals surface area contributed by atoms with Crippen molar-refractivity contribution in [2.75, 3.05) is 0 Å². The molecule has 0 atom stereocenters. The topological polar surface area (TPSA) is 114 Å². The van der Waals surface area contributed by atoms with Crippen LogP contribution in [0, 0.1) is 10.1 Å². The van der Waals surface area contributed by atoms with Crippen molar-refractivity contribution in [2.45, 2.75) is 0 Å². The predicted molar refractivity (Wildman–Crippen MR) is 78.8 cm³/mol. The van der Waals surface area contributed by atoms with Gasteiger partial charge in [-0.1, -0.05) is 12.1 Å². The number of nitro groups is 1. The molecule has 1 N–H and O–H groups in total. The Bertz CT molecular complexity index is 703. The van der Waals surface area contributed by atoms with Crippen molar-refractivity contribution >= 4 is 46.9 Å². The number of nitro benzene ring substituents is 1. The van der Waals surface area contributed by atoms with Crippen LogP contribution in [0.2, 0.25) is 0 Å². The van der Waals surface area contributed by atoms with E-state index in [9.17, 15) is 14.9 Å². The van der Waals surface area contributed by atoms with E-state index in [1.165, 1.54) is 36.4 Å². The Morgan fingerprint density at radius 3 is 2.36 bits per heavy atom. The fourth-order valence-corrected chi connectivity index (χ4v) is 1.48. The molecule has 0 radical (unpaired) electrons. The van der Waals surface area contributed by atoms with Crippen molar-refractivity contribution in [3.63, 3.8) is 0 Å². The summed E-state index contributed by atoms with van der Waals surface area (Å²) in [6, 6.07) is 11.3. The van der Waals surface area contributed by atoms with Gasteiger partial charge in [-0.25, -0.2) is 4.79 Å². The van der Waals surface area contributed by atoms with E-state index in [2.05, 4.69) is 10.4 Å². The van der Waals surface area contributed by atoms with Gasteiger partial charge >= 0.3 is 35.5 Å². The number of carboxylic acid groups (broad SMARTS) is 1. The molecule has 0 fully saturated rings. The van der Waals surface area contributed by atoms with Crippen LogP contribution in [-0.4, -0.2) is 45.6 Å². The first-order valence-electron chi connectivity index (χ1n) is 5.73. The molecule has 2 aromatic rings. The fraction of sp³-hybridized carbons (Fsp3) is 0. The third-order valence-electron chi connectivity index (χ3n) is 2.47. The van der Waals surface area contributed by atoms with Gasteiger partial charge in [0, 0.05) is 17.4 Å². The summed E-state index contributed by atoms with van der Waals surface area (Å²) in [6.45, 7) is 0. The second-order valence-corrected chi connectivity index (χ2v) is 3.85. The van der Waals surface area contributed by atoms with Crippen LogP contribution in [0.1, 0.15) is 10.4 Å². The van der Waals surface area contributed by atoms with E-state index < -0.39 is 10.9 Å². The minimum absolute atomic E-state index is 0. The van der Waals surface area contributed by atoms with Gasteiger partial charge in [-0.3, -0.25) is 10.1 Å². The average Bonchev–Trinajstić information content (AvgIpc) is 2.48. The third kappa shape index (κ3) is 4.62. The number of nitrogens with zero attached hydrogens (tertiary/aromatic N) is 3. The van der Waals surface area contributed by atoms with Crippen molar-refractivity contribution in [3.8, 4) is 5.75 Å². The molecule has 2 aromatic carbocycles. The first-order valence-corrected chi connectivity index (χ1v) is 5.73. The molecule has 0 saturated heterocycles. The molecule has 0 amide bonds. The third-order valence-corrected chi connectivity index (χ3v) is 2.47. The van der Waals surface area contributed by atoms with Crippen LogP contribution in [0.15, 0.2) is 58.9 Å². The van der Waals surface area contributed by atoms with Gasteiger partial charge < -0.3 is 9.94 Å². The summed E-state index contributed by atoms with van der Waals surface area (Å²) < 4.78 is 0. The molecule has 0 heterocycles. The second-order valence-electron chi connectivity index (χ2n) is 3.85. The molecule has 0 aliphatic rings. The molecule has 2 rings (SSSR count). The monoisotopic (exact) mass is 311 g/mol. The van der Waals surface area contributed by atoms with Crippen molar-refractivity contribution < 1.29 is 19.7 Å². The average molecular weight is 311 g/mol. The number of aromatic carboxylic acids is 1. The number of rotatable bonds is 5. The molecule has 0 spiro atoms. The maximum absolute atomic E-state index is 10.9. The number of carbonyl (C=O) groups is 1. The molecule has 0 bridgehead atoms. The molecule has 0 aliphatic heterocycles. The zero-order valence-corrected chi connectivity index (χ0v) is 10.5. The molecular weight excluding hydrogens is 301 g/mol. The molecule has 108 valence electrons. The van der Waals surface area contributed by atoms with Crippen molar-refractivity contribution in [1.82, 2.24) is 0 Å². The van der Waals surface area contributed by atoms with Crippen LogP contribution in [0.25, 0.3) is 0 Å². The van der Waals surface area contributed by atoms with Gasteiger partial charge in [0.05, 0.1) is 10.6 Å². The zero-order chi connectivity index (χ0) is 15.2. The fourth-order valence-electron chi connectivity index (χ4n) is 1.48. The molecule has 9 heteroatoms. The maximum atomic E-state index is 10.9.